The Morgan fingerprint density at radius 3 is 3.00 bits per heavy atom. The second-order valence-electron chi connectivity index (χ2n) is 5.44. The normalized spacial score (nSPS) is 23.8. The van der Waals surface area contributed by atoms with E-state index in [-0.39, 0.29) is 18.9 Å². The number of amides is 1. The van der Waals surface area contributed by atoms with Crippen molar-refractivity contribution in [1.82, 2.24) is 4.90 Å². The highest BCUT2D eigenvalue weighted by Gasteiger charge is 2.35. The van der Waals surface area contributed by atoms with E-state index in [4.69, 9.17) is 26.2 Å². The summed E-state index contributed by atoms with van der Waals surface area (Å²) in [4.78, 5) is 24.9. The summed E-state index contributed by atoms with van der Waals surface area (Å²) in [6.07, 6.45) is -0.661. The molecule has 1 aromatic carbocycles. The van der Waals surface area contributed by atoms with Gasteiger partial charge >= 0.3 is 5.97 Å². The third-order valence-corrected chi connectivity index (χ3v) is 4.06. The molecule has 6 nitrogen and oxygen atoms in total. The molecule has 22 heavy (non-hydrogen) atoms. The molecule has 0 unspecified atom stereocenters. The lowest BCUT2D eigenvalue weighted by Crippen LogP contribution is -2.50. The van der Waals surface area contributed by atoms with Gasteiger partial charge in [0, 0.05) is 24.5 Å². The zero-order chi connectivity index (χ0) is 15.7. The summed E-state index contributed by atoms with van der Waals surface area (Å²) >= 11 is 5.94. The van der Waals surface area contributed by atoms with Crippen molar-refractivity contribution in [2.24, 2.45) is 0 Å². The van der Waals surface area contributed by atoms with E-state index in [0.717, 1.165) is 5.56 Å². The Balaban J connectivity index is 1.64. The Hall–Kier alpha value is -1.79. The third-order valence-electron chi connectivity index (χ3n) is 3.83. The monoisotopic (exact) mass is 325 g/mol. The maximum Gasteiger partial charge on any atom is 0.306 e. The Bertz CT molecular complexity index is 606. The van der Waals surface area contributed by atoms with Crippen molar-refractivity contribution in [2.45, 2.75) is 25.0 Å². The second kappa shape index (κ2) is 6.14. The molecule has 0 radical (unpaired) electrons. The molecule has 2 atom stereocenters. The number of hydrogen-bond acceptors (Lipinski definition) is 4. The van der Waals surface area contributed by atoms with Gasteiger partial charge in [0.05, 0.1) is 19.1 Å². The number of nitrogens with zero attached hydrogens (tertiary/aromatic N) is 1. The van der Waals surface area contributed by atoms with Gasteiger partial charge in [0.25, 0.3) is 5.91 Å². The van der Waals surface area contributed by atoms with Gasteiger partial charge in [-0.3, -0.25) is 9.59 Å². The van der Waals surface area contributed by atoms with Crippen LogP contribution in [0.1, 0.15) is 12.0 Å². The van der Waals surface area contributed by atoms with Gasteiger partial charge in [0.2, 0.25) is 0 Å². The summed E-state index contributed by atoms with van der Waals surface area (Å²) in [5.41, 5.74) is 0.918. The van der Waals surface area contributed by atoms with Gasteiger partial charge in [-0.15, -0.1) is 0 Å². The van der Waals surface area contributed by atoms with Gasteiger partial charge in [0.15, 0.2) is 6.10 Å². The van der Waals surface area contributed by atoms with Crippen LogP contribution in [0.4, 0.5) is 0 Å². The van der Waals surface area contributed by atoms with Crippen molar-refractivity contribution in [2.75, 3.05) is 19.7 Å². The van der Waals surface area contributed by atoms with Crippen LogP contribution in [-0.2, 0) is 20.7 Å². The van der Waals surface area contributed by atoms with Crippen molar-refractivity contribution in [3.63, 3.8) is 0 Å². The molecular formula is C15H16ClNO5. The molecule has 118 valence electrons. The predicted molar refractivity (Wildman–Crippen MR) is 78.1 cm³/mol. The minimum atomic E-state index is -0.932. The average Bonchev–Trinajstić information content (AvgIpc) is 2.89. The molecular weight excluding hydrogens is 310 g/mol. The van der Waals surface area contributed by atoms with Crippen LogP contribution in [0.2, 0.25) is 5.02 Å². The lowest BCUT2D eigenvalue weighted by Gasteiger charge is -2.33. The van der Waals surface area contributed by atoms with Gasteiger partial charge in [0.1, 0.15) is 5.75 Å². The highest BCUT2D eigenvalue weighted by atomic mass is 35.5. The van der Waals surface area contributed by atoms with Crippen LogP contribution in [-0.4, -0.2) is 53.8 Å². The average molecular weight is 326 g/mol. The number of ether oxygens (including phenoxy) is 2. The van der Waals surface area contributed by atoms with Crippen LogP contribution in [0.15, 0.2) is 18.2 Å². The molecule has 7 heteroatoms. The number of rotatable bonds is 3. The van der Waals surface area contributed by atoms with Crippen molar-refractivity contribution >= 4 is 23.5 Å². The largest absolute Gasteiger partial charge is 0.481 e. The fourth-order valence-corrected chi connectivity index (χ4v) is 2.99. The number of carbonyl (C=O) groups is 2. The number of halogens is 1. The molecule has 2 heterocycles. The lowest BCUT2D eigenvalue weighted by atomic mass is 10.1. The van der Waals surface area contributed by atoms with Gasteiger partial charge in [-0.2, -0.15) is 0 Å². The van der Waals surface area contributed by atoms with E-state index < -0.39 is 18.2 Å². The SMILES string of the molecule is O=C(O)C[C@@H]1CN(C(=O)[C@H]2Cc3cc(Cl)ccc3O2)CCO1. The highest BCUT2D eigenvalue weighted by Crippen LogP contribution is 2.32. The number of morpholine rings is 1. The van der Waals surface area contributed by atoms with E-state index in [2.05, 4.69) is 0 Å². The third kappa shape index (κ3) is 3.18. The molecule has 0 bridgehead atoms. The Morgan fingerprint density at radius 2 is 2.23 bits per heavy atom. The molecule has 1 amide bonds. The number of hydrogen-bond donors (Lipinski definition) is 1. The van der Waals surface area contributed by atoms with Crippen molar-refractivity contribution in [3.8, 4) is 5.75 Å². The number of fused-ring (bicyclic) bond motifs is 1. The standard InChI is InChI=1S/C15H16ClNO5/c16-10-1-2-12-9(5-10)6-13(22-12)15(20)17-3-4-21-11(8-17)7-14(18)19/h1-2,5,11,13H,3-4,6-8H2,(H,18,19)/t11-,13-/m1/s1. The van der Waals surface area contributed by atoms with Gasteiger partial charge < -0.3 is 19.5 Å². The topological polar surface area (TPSA) is 76.1 Å². The summed E-state index contributed by atoms with van der Waals surface area (Å²) in [6.45, 7) is 1.07. The summed E-state index contributed by atoms with van der Waals surface area (Å²) in [7, 11) is 0. The summed E-state index contributed by atoms with van der Waals surface area (Å²) in [5, 5.41) is 9.44. The number of benzene rings is 1. The van der Waals surface area contributed by atoms with Gasteiger partial charge in [-0.05, 0) is 23.8 Å². The van der Waals surface area contributed by atoms with E-state index in [1.807, 2.05) is 0 Å². The minimum absolute atomic E-state index is 0.106. The van der Waals surface area contributed by atoms with Gasteiger partial charge in [-0.1, -0.05) is 11.6 Å². The van der Waals surface area contributed by atoms with Crippen molar-refractivity contribution < 1.29 is 24.2 Å². The van der Waals surface area contributed by atoms with Crippen LogP contribution in [0.3, 0.4) is 0 Å². The van der Waals surface area contributed by atoms with Crippen LogP contribution < -0.4 is 4.74 Å². The zero-order valence-electron chi connectivity index (χ0n) is 11.8. The first kappa shape index (κ1) is 15.1. The van der Waals surface area contributed by atoms with E-state index >= 15 is 0 Å². The van der Waals surface area contributed by atoms with Gasteiger partial charge in [-0.25, -0.2) is 0 Å². The predicted octanol–water partition coefficient (Wildman–Crippen LogP) is 1.35. The van der Waals surface area contributed by atoms with Crippen molar-refractivity contribution in [1.29, 1.82) is 0 Å². The van der Waals surface area contributed by atoms with Crippen LogP contribution in [0, 0.1) is 0 Å². The maximum absolute atomic E-state index is 12.6. The van der Waals surface area contributed by atoms with Crippen LogP contribution >= 0.6 is 11.6 Å². The minimum Gasteiger partial charge on any atom is -0.481 e. The fraction of sp³-hybridized carbons (Fsp3) is 0.467. The number of carbonyl (C=O) groups excluding carboxylic acids is 1. The molecule has 0 aromatic heterocycles. The zero-order valence-corrected chi connectivity index (χ0v) is 12.6. The molecule has 1 N–H and O–H groups in total. The molecule has 1 aromatic rings. The molecule has 2 aliphatic rings. The number of carboxylic acids is 1. The highest BCUT2D eigenvalue weighted by molar-refractivity contribution is 6.30. The molecule has 3 rings (SSSR count). The lowest BCUT2D eigenvalue weighted by molar-refractivity contribution is -0.151. The van der Waals surface area contributed by atoms with E-state index in [1.165, 1.54) is 0 Å². The molecule has 1 fully saturated rings. The summed E-state index contributed by atoms with van der Waals surface area (Å²) < 4.78 is 11.1. The van der Waals surface area contributed by atoms with Crippen molar-refractivity contribution in [3.05, 3.63) is 28.8 Å². The van der Waals surface area contributed by atoms with E-state index in [9.17, 15) is 9.59 Å². The summed E-state index contributed by atoms with van der Waals surface area (Å²) in [6, 6.07) is 5.29. The molecule has 0 aliphatic carbocycles. The first-order valence-corrected chi connectivity index (χ1v) is 7.48. The molecule has 0 spiro atoms. The van der Waals surface area contributed by atoms with Crippen LogP contribution in [0.25, 0.3) is 0 Å². The van der Waals surface area contributed by atoms with E-state index in [1.54, 1.807) is 23.1 Å². The Labute approximate surface area is 132 Å². The number of carboxylic acid groups (broad SMARTS) is 1. The second-order valence-corrected chi connectivity index (χ2v) is 5.87. The smallest absolute Gasteiger partial charge is 0.306 e. The quantitative estimate of drug-likeness (QED) is 0.907. The fourth-order valence-electron chi connectivity index (χ4n) is 2.80. The molecule has 2 aliphatic heterocycles. The van der Waals surface area contributed by atoms with E-state index in [0.29, 0.717) is 30.3 Å². The summed E-state index contributed by atoms with van der Waals surface area (Å²) in [5.74, 6) is -0.387. The first-order chi connectivity index (χ1) is 10.5. The first-order valence-electron chi connectivity index (χ1n) is 7.10. The number of aliphatic carboxylic acids is 1. The Kier molecular flexibility index (Phi) is 4.22. The molecule has 0 saturated carbocycles. The molecule has 1 saturated heterocycles. The maximum atomic E-state index is 12.6. The van der Waals surface area contributed by atoms with Crippen LogP contribution in [0.5, 0.6) is 5.75 Å². The Morgan fingerprint density at radius 1 is 1.41 bits per heavy atom.